The fourth-order valence-corrected chi connectivity index (χ4v) is 7.32. The summed E-state index contributed by atoms with van der Waals surface area (Å²) in [5, 5.41) is 0. The highest BCUT2D eigenvalue weighted by molar-refractivity contribution is 8.05. The van der Waals surface area contributed by atoms with Gasteiger partial charge in [0.2, 0.25) is 0 Å². The minimum atomic E-state index is 0.644. The van der Waals surface area contributed by atoms with Crippen LogP contribution in [0.5, 0.6) is 0 Å². The average Bonchev–Trinajstić information content (AvgIpc) is 2.74. The predicted molar refractivity (Wildman–Crippen MR) is 86.9 cm³/mol. The maximum absolute atomic E-state index is 5.52. The lowest BCUT2D eigenvalue weighted by molar-refractivity contribution is 0.0205. The van der Waals surface area contributed by atoms with Crippen molar-refractivity contribution in [2.45, 2.75) is 8.42 Å². The summed E-state index contributed by atoms with van der Waals surface area (Å²) in [6, 6.07) is 0. The Kier molecular flexibility index (Phi) is 8.31. The van der Waals surface area contributed by atoms with Crippen LogP contribution in [0, 0.1) is 3.14 Å². The highest BCUT2D eigenvalue weighted by atomic mass is 32.2. The summed E-state index contributed by atoms with van der Waals surface area (Å²) in [5.74, 6) is 1.93. The Morgan fingerprint density at radius 3 is 1.58 bits per heavy atom. The molecule has 1 aromatic heterocycles. The summed E-state index contributed by atoms with van der Waals surface area (Å²) in [5.41, 5.74) is 0. The lowest BCUT2D eigenvalue weighted by atomic mass is 10.7. The Morgan fingerprint density at radius 1 is 0.684 bits per heavy atom. The molecule has 3 nitrogen and oxygen atoms in total. The van der Waals surface area contributed by atoms with E-state index in [4.69, 9.17) is 26.4 Å². The third-order valence-electron chi connectivity index (χ3n) is 2.18. The predicted octanol–water partition coefficient (Wildman–Crippen LogP) is 3.79. The standard InChI is InChI=1S/C11H16O3S5/c15-11-18-9-10(19-11)17-8-6-14-4-2-12-1-3-13-5-7-16-9/h1-8H2. The molecule has 0 aromatic carbocycles. The van der Waals surface area contributed by atoms with Crippen molar-refractivity contribution in [1.82, 2.24) is 0 Å². The lowest BCUT2D eigenvalue weighted by Gasteiger charge is -2.05. The molecule has 0 bridgehead atoms. The molecule has 0 fully saturated rings. The third-order valence-corrected chi connectivity index (χ3v) is 7.69. The first-order valence-corrected chi connectivity index (χ1v) is 10.0. The summed E-state index contributed by atoms with van der Waals surface area (Å²) in [7, 11) is 0. The van der Waals surface area contributed by atoms with E-state index in [1.807, 2.05) is 23.5 Å². The molecule has 0 atom stereocenters. The average molecular weight is 357 g/mol. The molecule has 0 spiro atoms. The Labute approximate surface area is 135 Å². The minimum Gasteiger partial charge on any atom is -0.378 e. The highest BCUT2D eigenvalue weighted by Crippen LogP contribution is 2.40. The number of hydrogen-bond acceptors (Lipinski definition) is 8. The number of hydrogen-bond donors (Lipinski definition) is 0. The zero-order valence-electron chi connectivity index (χ0n) is 10.4. The van der Waals surface area contributed by atoms with E-state index in [1.165, 1.54) is 8.42 Å². The Balaban J connectivity index is 1.89. The third kappa shape index (κ3) is 6.43. The second-order valence-electron chi connectivity index (χ2n) is 3.56. The lowest BCUT2D eigenvalue weighted by Crippen LogP contribution is -2.11. The van der Waals surface area contributed by atoms with E-state index in [9.17, 15) is 0 Å². The summed E-state index contributed by atoms with van der Waals surface area (Å²) in [6.45, 7) is 4.10. The molecule has 1 aliphatic heterocycles. The normalized spacial score (nSPS) is 20.2. The molecular weight excluding hydrogens is 340 g/mol. The van der Waals surface area contributed by atoms with Crippen LogP contribution in [0.4, 0.5) is 0 Å². The monoisotopic (exact) mass is 356 g/mol. The van der Waals surface area contributed by atoms with Gasteiger partial charge in [0.05, 0.1) is 48.1 Å². The molecule has 0 saturated heterocycles. The van der Waals surface area contributed by atoms with Crippen molar-refractivity contribution in [2.24, 2.45) is 0 Å². The van der Waals surface area contributed by atoms with Crippen LogP contribution in [0.3, 0.4) is 0 Å². The van der Waals surface area contributed by atoms with Crippen LogP contribution in [0.1, 0.15) is 0 Å². The summed E-state index contributed by atoms with van der Waals surface area (Å²) >= 11 is 12.4. The SMILES string of the molecule is S=c1sc2c(s1)SCCOCCOCCOCCS2. The summed E-state index contributed by atoms with van der Waals surface area (Å²) in [6.07, 6.45) is 0. The number of thioether (sulfide) groups is 2. The van der Waals surface area contributed by atoms with Gasteiger partial charge in [0, 0.05) is 11.5 Å². The van der Waals surface area contributed by atoms with Crippen molar-refractivity contribution >= 4 is 58.4 Å². The molecule has 0 N–H and O–H groups in total. The maximum Gasteiger partial charge on any atom is 0.145 e. The van der Waals surface area contributed by atoms with Crippen LogP contribution in [0.2, 0.25) is 0 Å². The van der Waals surface area contributed by atoms with E-state index in [0.717, 1.165) is 27.9 Å². The Hall–Kier alpha value is 0.850. The molecular formula is C11H16O3S5. The van der Waals surface area contributed by atoms with Gasteiger partial charge in [-0.25, -0.2) is 0 Å². The van der Waals surface area contributed by atoms with Crippen molar-refractivity contribution in [3.63, 3.8) is 0 Å². The van der Waals surface area contributed by atoms with Crippen LogP contribution >= 0.6 is 58.4 Å². The summed E-state index contributed by atoms with van der Waals surface area (Å²) in [4.78, 5) is 0. The molecule has 2 rings (SSSR count). The van der Waals surface area contributed by atoms with Gasteiger partial charge in [-0.15, -0.1) is 46.2 Å². The van der Waals surface area contributed by atoms with Crippen LogP contribution in [0.15, 0.2) is 8.42 Å². The van der Waals surface area contributed by atoms with Gasteiger partial charge in [-0.3, -0.25) is 0 Å². The number of fused-ring (bicyclic) bond motifs is 1. The first-order chi connectivity index (χ1) is 9.36. The molecule has 0 aliphatic carbocycles. The van der Waals surface area contributed by atoms with Gasteiger partial charge < -0.3 is 14.2 Å². The second kappa shape index (κ2) is 9.73. The zero-order valence-corrected chi connectivity index (χ0v) is 14.5. The van der Waals surface area contributed by atoms with Crippen molar-refractivity contribution < 1.29 is 14.2 Å². The molecule has 108 valence electrons. The van der Waals surface area contributed by atoms with E-state index in [0.29, 0.717) is 26.4 Å². The topological polar surface area (TPSA) is 27.7 Å². The summed E-state index contributed by atoms with van der Waals surface area (Å²) < 4.78 is 20.1. The van der Waals surface area contributed by atoms with E-state index in [2.05, 4.69) is 0 Å². The smallest absolute Gasteiger partial charge is 0.145 e. The van der Waals surface area contributed by atoms with E-state index < -0.39 is 0 Å². The van der Waals surface area contributed by atoms with Crippen molar-refractivity contribution in [3.8, 4) is 0 Å². The zero-order chi connectivity index (χ0) is 13.3. The van der Waals surface area contributed by atoms with Crippen molar-refractivity contribution in [2.75, 3.05) is 51.1 Å². The van der Waals surface area contributed by atoms with Gasteiger partial charge >= 0.3 is 0 Å². The molecule has 2 heterocycles. The van der Waals surface area contributed by atoms with Crippen LogP contribution in [-0.4, -0.2) is 51.1 Å². The molecule has 0 amide bonds. The quantitative estimate of drug-likeness (QED) is 0.657. The molecule has 19 heavy (non-hydrogen) atoms. The Bertz CT molecular complexity index is 382. The first kappa shape index (κ1) is 16.2. The van der Waals surface area contributed by atoms with Crippen LogP contribution < -0.4 is 0 Å². The van der Waals surface area contributed by atoms with Gasteiger partial charge in [0.15, 0.2) is 0 Å². The Morgan fingerprint density at radius 2 is 1.11 bits per heavy atom. The molecule has 8 heteroatoms. The number of ether oxygens (including phenoxy) is 3. The van der Waals surface area contributed by atoms with Gasteiger partial charge in [0.25, 0.3) is 0 Å². The van der Waals surface area contributed by atoms with Crippen molar-refractivity contribution in [3.05, 3.63) is 3.14 Å². The highest BCUT2D eigenvalue weighted by Gasteiger charge is 2.09. The van der Waals surface area contributed by atoms with Crippen molar-refractivity contribution in [1.29, 1.82) is 0 Å². The molecule has 1 aliphatic rings. The molecule has 1 aromatic rings. The van der Waals surface area contributed by atoms with Crippen LogP contribution in [0.25, 0.3) is 0 Å². The fourth-order valence-electron chi connectivity index (χ4n) is 1.36. The largest absolute Gasteiger partial charge is 0.378 e. The van der Waals surface area contributed by atoms with E-state index in [1.54, 1.807) is 22.7 Å². The van der Waals surface area contributed by atoms with E-state index in [-0.39, 0.29) is 0 Å². The molecule has 0 radical (unpaired) electrons. The van der Waals surface area contributed by atoms with Gasteiger partial charge in [-0.2, -0.15) is 0 Å². The molecule has 0 unspecified atom stereocenters. The first-order valence-electron chi connectivity index (χ1n) is 5.99. The molecule has 0 saturated carbocycles. The number of rotatable bonds is 0. The van der Waals surface area contributed by atoms with Gasteiger partial charge in [-0.1, -0.05) is 12.2 Å². The van der Waals surface area contributed by atoms with Gasteiger partial charge in [0.1, 0.15) is 3.14 Å². The maximum atomic E-state index is 5.52. The van der Waals surface area contributed by atoms with Crippen LogP contribution in [-0.2, 0) is 14.2 Å². The van der Waals surface area contributed by atoms with E-state index >= 15 is 0 Å². The van der Waals surface area contributed by atoms with Gasteiger partial charge in [-0.05, 0) is 0 Å². The minimum absolute atomic E-state index is 0.644. The fraction of sp³-hybridized carbons (Fsp3) is 0.727. The second-order valence-corrected chi connectivity index (χ2v) is 9.52.